The van der Waals surface area contributed by atoms with Gasteiger partial charge in [0.15, 0.2) is 0 Å². The Bertz CT molecular complexity index is 810. The fourth-order valence-electron chi connectivity index (χ4n) is 2.20. The molecule has 0 aromatic heterocycles. The summed E-state index contributed by atoms with van der Waals surface area (Å²) in [6.07, 6.45) is 0. The van der Waals surface area contributed by atoms with Gasteiger partial charge in [-0.15, -0.1) is 0 Å². The van der Waals surface area contributed by atoms with E-state index in [-0.39, 0.29) is 5.41 Å². The molecule has 6 nitrogen and oxygen atoms in total. The first-order chi connectivity index (χ1) is 11.2. The molecule has 0 radical (unpaired) electrons. The number of benzene rings is 2. The summed E-state index contributed by atoms with van der Waals surface area (Å²) < 4.78 is 23.9. The molecule has 0 heterocycles. The molecule has 7 heteroatoms. The summed E-state index contributed by atoms with van der Waals surface area (Å²) in [6.45, 7) is 7.90. The van der Waals surface area contributed by atoms with Crippen molar-refractivity contribution in [3.63, 3.8) is 0 Å². The Labute approximate surface area is 141 Å². The van der Waals surface area contributed by atoms with Gasteiger partial charge in [-0.05, 0) is 35.6 Å². The van der Waals surface area contributed by atoms with Crippen LogP contribution in [-0.2, 0) is 9.98 Å². The van der Waals surface area contributed by atoms with Crippen LogP contribution in [0.2, 0.25) is 0 Å². The van der Waals surface area contributed by atoms with Crippen molar-refractivity contribution < 1.29 is 13.6 Å². The average Bonchev–Trinajstić information content (AvgIpc) is 2.49. The molecule has 2 aromatic rings. The lowest BCUT2D eigenvalue weighted by Gasteiger charge is -2.25. The molecule has 1 unspecified atom stereocenters. The van der Waals surface area contributed by atoms with Gasteiger partial charge in [0.05, 0.1) is 0 Å². The number of aryl methyl sites for hydroxylation is 1. The Morgan fingerprint density at radius 3 is 2.29 bits per heavy atom. The quantitative estimate of drug-likeness (QED) is 0.281. The van der Waals surface area contributed by atoms with Crippen LogP contribution in [0, 0.1) is 6.92 Å². The van der Waals surface area contributed by atoms with Crippen LogP contribution in [0.15, 0.2) is 53.4 Å². The van der Waals surface area contributed by atoms with Crippen molar-refractivity contribution in [2.75, 3.05) is 0 Å². The van der Waals surface area contributed by atoms with Gasteiger partial charge < -0.3 is 9.05 Å². The normalized spacial score (nSPS) is 13.5. The first-order valence-corrected chi connectivity index (χ1v) is 8.96. The van der Waals surface area contributed by atoms with E-state index in [1.54, 1.807) is 30.3 Å². The first kappa shape index (κ1) is 17.9. The zero-order valence-electron chi connectivity index (χ0n) is 14.1. The Kier molecular flexibility index (Phi) is 5.23. The summed E-state index contributed by atoms with van der Waals surface area (Å²) in [5.74, 6) is 0.718. The highest BCUT2D eigenvalue weighted by Gasteiger charge is 2.31. The molecule has 0 aliphatic rings. The summed E-state index contributed by atoms with van der Waals surface area (Å²) in [7, 11) is -4.08. The predicted molar refractivity (Wildman–Crippen MR) is 94.3 cm³/mol. The maximum absolute atomic E-state index is 12.9. The molecule has 1 atom stereocenters. The molecule has 126 valence electrons. The molecular formula is C17H20N3O3P. The largest absolute Gasteiger partial charge is 0.525 e. The minimum atomic E-state index is -4.08. The van der Waals surface area contributed by atoms with Crippen LogP contribution in [0.1, 0.15) is 31.9 Å². The second kappa shape index (κ2) is 7.00. The lowest BCUT2D eigenvalue weighted by atomic mass is 9.85. The van der Waals surface area contributed by atoms with Crippen LogP contribution < -0.4 is 9.05 Å². The molecule has 0 fully saturated rings. The highest BCUT2D eigenvalue weighted by Crippen LogP contribution is 2.52. The molecule has 0 bridgehead atoms. The van der Waals surface area contributed by atoms with E-state index >= 15 is 0 Å². The lowest BCUT2D eigenvalue weighted by Crippen LogP contribution is -2.14. The van der Waals surface area contributed by atoms with Gasteiger partial charge in [-0.3, -0.25) is 0 Å². The molecule has 0 N–H and O–H groups in total. The molecule has 0 aliphatic carbocycles. The van der Waals surface area contributed by atoms with Gasteiger partial charge in [0.25, 0.3) is 0 Å². The number of azide groups is 1. The molecule has 0 saturated heterocycles. The average molecular weight is 345 g/mol. The van der Waals surface area contributed by atoms with Gasteiger partial charge in [-0.25, -0.2) is 4.57 Å². The van der Waals surface area contributed by atoms with E-state index in [0.29, 0.717) is 11.5 Å². The third-order valence-electron chi connectivity index (χ3n) is 3.34. The summed E-state index contributed by atoms with van der Waals surface area (Å²) in [6, 6.07) is 14.1. The predicted octanol–water partition coefficient (Wildman–Crippen LogP) is 6.17. The number of nitrogens with zero attached hydrogens (tertiary/aromatic N) is 3. The summed E-state index contributed by atoms with van der Waals surface area (Å²) >= 11 is 0. The minimum absolute atomic E-state index is 0.241. The third kappa shape index (κ3) is 4.31. The zero-order chi connectivity index (χ0) is 17.8. The highest BCUT2D eigenvalue weighted by molar-refractivity contribution is 7.53. The van der Waals surface area contributed by atoms with E-state index < -0.39 is 7.75 Å². The van der Waals surface area contributed by atoms with Crippen molar-refractivity contribution in [1.29, 1.82) is 0 Å². The van der Waals surface area contributed by atoms with Gasteiger partial charge in [0.2, 0.25) is 0 Å². The van der Waals surface area contributed by atoms with Crippen molar-refractivity contribution in [3.8, 4) is 11.5 Å². The van der Waals surface area contributed by atoms with E-state index in [1.807, 2.05) is 45.9 Å². The second-order valence-corrected chi connectivity index (χ2v) is 7.83. The van der Waals surface area contributed by atoms with Gasteiger partial charge in [-0.1, -0.05) is 57.2 Å². The molecule has 0 spiro atoms. The zero-order valence-corrected chi connectivity index (χ0v) is 15.0. The highest BCUT2D eigenvalue weighted by atomic mass is 31.2. The van der Waals surface area contributed by atoms with Crippen molar-refractivity contribution in [3.05, 3.63) is 70.1 Å². The lowest BCUT2D eigenvalue weighted by molar-refractivity contribution is 0.380. The Balaban J connectivity index is 2.46. The van der Waals surface area contributed by atoms with Crippen LogP contribution in [0.25, 0.3) is 10.4 Å². The standard InChI is InChI=1S/C17H20N3O3P/c1-13-9-8-12-15(17(2,3)4)16(13)23-24(21,20-19-18)22-14-10-6-5-7-11-14/h5-12H,1-4H3. The maximum Gasteiger partial charge on any atom is 0.525 e. The Hall–Kier alpha value is -2.42. The van der Waals surface area contributed by atoms with Crippen LogP contribution in [0.3, 0.4) is 0 Å². The molecule has 24 heavy (non-hydrogen) atoms. The van der Waals surface area contributed by atoms with Crippen molar-refractivity contribution in [2.45, 2.75) is 33.1 Å². The fourth-order valence-corrected chi connectivity index (χ4v) is 3.27. The summed E-state index contributed by atoms with van der Waals surface area (Å²) in [5, 5.41) is 0. The molecule has 2 rings (SSSR count). The minimum Gasteiger partial charge on any atom is -0.411 e. The summed E-state index contributed by atoms with van der Waals surface area (Å²) in [4.78, 5) is 5.94. The molecule has 0 saturated carbocycles. The Morgan fingerprint density at radius 2 is 1.71 bits per heavy atom. The number of para-hydroxylation sites is 2. The number of hydrogen-bond acceptors (Lipinski definition) is 3. The molecule has 0 aliphatic heterocycles. The number of rotatable bonds is 5. The van der Waals surface area contributed by atoms with Gasteiger partial charge in [0.1, 0.15) is 11.5 Å². The topological polar surface area (TPSA) is 84.3 Å². The van der Waals surface area contributed by atoms with Crippen molar-refractivity contribution in [1.82, 2.24) is 0 Å². The van der Waals surface area contributed by atoms with Crippen LogP contribution in [0.4, 0.5) is 0 Å². The Morgan fingerprint density at radius 1 is 1.04 bits per heavy atom. The van der Waals surface area contributed by atoms with Gasteiger partial charge in [-0.2, -0.15) is 0 Å². The van der Waals surface area contributed by atoms with E-state index in [2.05, 4.69) is 9.80 Å². The SMILES string of the molecule is Cc1cccc(C(C)(C)C)c1OP(=O)(N=[N+]=[N-])Oc1ccccc1. The molecule has 0 amide bonds. The van der Waals surface area contributed by atoms with Crippen molar-refractivity contribution >= 4 is 7.75 Å². The van der Waals surface area contributed by atoms with E-state index in [0.717, 1.165) is 11.1 Å². The smallest absolute Gasteiger partial charge is 0.411 e. The maximum atomic E-state index is 12.9. The van der Waals surface area contributed by atoms with Gasteiger partial charge >= 0.3 is 7.75 Å². The van der Waals surface area contributed by atoms with Crippen LogP contribution in [-0.4, -0.2) is 0 Å². The number of hydrogen-bond donors (Lipinski definition) is 0. The molecular weight excluding hydrogens is 325 g/mol. The summed E-state index contributed by atoms with van der Waals surface area (Å²) in [5.41, 5.74) is 10.2. The van der Waals surface area contributed by atoms with E-state index in [4.69, 9.17) is 14.6 Å². The second-order valence-electron chi connectivity index (χ2n) is 6.34. The van der Waals surface area contributed by atoms with E-state index in [1.165, 1.54) is 0 Å². The van der Waals surface area contributed by atoms with Crippen molar-refractivity contribution in [2.24, 2.45) is 4.88 Å². The van der Waals surface area contributed by atoms with Crippen LogP contribution >= 0.6 is 7.75 Å². The third-order valence-corrected chi connectivity index (χ3v) is 4.49. The fraction of sp³-hybridized carbons (Fsp3) is 0.294. The van der Waals surface area contributed by atoms with Crippen LogP contribution in [0.5, 0.6) is 11.5 Å². The monoisotopic (exact) mass is 345 g/mol. The molecule has 2 aromatic carbocycles. The van der Waals surface area contributed by atoms with Gasteiger partial charge in [0, 0.05) is 15.4 Å². The van der Waals surface area contributed by atoms with E-state index in [9.17, 15) is 4.57 Å². The first-order valence-electron chi connectivity index (χ1n) is 7.46.